The predicted molar refractivity (Wildman–Crippen MR) is 109 cm³/mol. The van der Waals surface area contributed by atoms with E-state index in [4.69, 9.17) is 0 Å². The fraction of sp³-hybridized carbons (Fsp3) is 0.500. The molecule has 31 heavy (non-hydrogen) atoms. The van der Waals surface area contributed by atoms with E-state index in [0.717, 1.165) is 12.3 Å². The number of halogens is 4. The fourth-order valence-electron chi connectivity index (χ4n) is 3.69. The second kappa shape index (κ2) is 8.25. The zero-order valence-corrected chi connectivity index (χ0v) is 18.4. The summed E-state index contributed by atoms with van der Waals surface area (Å²) in [7, 11) is -3.74. The normalized spacial score (nSPS) is 18.0. The van der Waals surface area contributed by atoms with Gasteiger partial charge in [-0.05, 0) is 36.6 Å². The monoisotopic (exact) mass is 460 g/mol. The lowest BCUT2D eigenvalue weighted by atomic mass is 9.99. The summed E-state index contributed by atoms with van der Waals surface area (Å²) in [4.78, 5) is 11.2. The van der Waals surface area contributed by atoms with Crippen LogP contribution in [0.4, 0.5) is 29.2 Å². The van der Waals surface area contributed by atoms with Gasteiger partial charge in [-0.3, -0.25) is 0 Å². The van der Waals surface area contributed by atoms with E-state index < -0.39 is 27.5 Å². The van der Waals surface area contributed by atoms with Crippen molar-refractivity contribution in [1.29, 1.82) is 0 Å². The molecule has 1 aliphatic rings. The third-order valence-electron chi connectivity index (χ3n) is 5.35. The number of nitrogens with zero attached hydrogens (tertiary/aromatic N) is 4. The maximum absolute atomic E-state index is 14.0. The molecular formula is C20H24F4N4O2S. The van der Waals surface area contributed by atoms with Crippen molar-refractivity contribution in [1.82, 2.24) is 9.97 Å². The molecule has 0 amide bonds. The first kappa shape index (κ1) is 23.2. The molecule has 1 aliphatic heterocycles. The van der Waals surface area contributed by atoms with Gasteiger partial charge in [0, 0.05) is 37.8 Å². The van der Waals surface area contributed by atoms with Gasteiger partial charge >= 0.3 is 6.18 Å². The van der Waals surface area contributed by atoms with E-state index in [1.54, 1.807) is 4.90 Å². The predicted octanol–water partition coefficient (Wildman–Crippen LogP) is 3.70. The van der Waals surface area contributed by atoms with Crippen molar-refractivity contribution in [2.75, 3.05) is 35.7 Å². The molecule has 2 heterocycles. The van der Waals surface area contributed by atoms with Crippen molar-refractivity contribution in [2.45, 2.75) is 37.9 Å². The zero-order valence-electron chi connectivity index (χ0n) is 17.6. The van der Waals surface area contributed by atoms with E-state index in [-0.39, 0.29) is 28.4 Å². The Labute approximate surface area is 178 Å². The molecule has 170 valence electrons. The van der Waals surface area contributed by atoms with Gasteiger partial charge < -0.3 is 9.80 Å². The summed E-state index contributed by atoms with van der Waals surface area (Å²) in [6.07, 6.45) is -2.46. The Balaban J connectivity index is 1.93. The summed E-state index contributed by atoms with van der Waals surface area (Å²) in [5, 5.41) is 0. The minimum Gasteiger partial charge on any atom is -0.368 e. The molecule has 0 aliphatic carbocycles. The second-order valence-corrected chi connectivity index (χ2v) is 10.0. The van der Waals surface area contributed by atoms with Crippen LogP contribution in [0.3, 0.4) is 0 Å². The van der Waals surface area contributed by atoms with E-state index in [0.29, 0.717) is 25.3 Å². The molecule has 1 aromatic carbocycles. The van der Waals surface area contributed by atoms with Crippen molar-refractivity contribution in [3.05, 3.63) is 41.5 Å². The first-order valence-electron chi connectivity index (χ1n) is 9.71. The van der Waals surface area contributed by atoms with Crippen molar-refractivity contribution in [3.8, 4) is 0 Å². The number of piperazine rings is 1. The molecule has 0 unspecified atom stereocenters. The smallest absolute Gasteiger partial charge is 0.368 e. The minimum atomic E-state index is -4.58. The van der Waals surface area contributed by atoms with Gasteiger partial charge in [-0.25, -0.2) is 22.8 Å². The maximum atomic E-state index is 14.0. The zero-order chi connectivity index (χ0) is 23.1. The number of hydrogen-bond acceptors (Lipinski definition) is 6. The molecular weight excluding hydrogens is 436 g/mol. The van der Waals surface area contributed by atoms with E-state index >= 15 is 0 Å². The van der Waals surface area contributed by atoms with Crippen molar-refractivity contribution in [2.24, 2.45) is 5.92 Å². The average molecular weight is 460 g/mol. The van der Waals surface area contributed by atoms with Gasteiger partial charge in [-0.2, -0.15) is 13.2 Å². The largest absolute Gasteiger partial charge is 0.433 e. The molecule has 2 aromatic rings. The molecule has 11 heteroatoms. The number of benzene rings is 1. The Bertz CT molecular complexity index is 1070. The number of alkyl halides is 3. The molecule has 1 atom stereocenters. The van der Waals surface area contributed by atoms with Crippen LogP contribution in [0.25, 0.3) is 0 Å². The Hall–Kier alpha value is -2.43. The number of hydrogen-bond donors (Lipinski definition) is 0. The minimum absolute atomic E-state index is 0.00667. The van der Waals surface area contributed by atoms with Crippen LogP contribution in [0.1, 0.15) is 25.1 Å². The first-order chi connectivity index (χ1) is 14.3. The van der Waals surface area contributed by atoms with Crippen LogP contribution in [0.2, 0.25) is 0 Å². The third-order valence-corrected chi connectivity index (χ3v) is 6.46. The maximum Gasteiger partial charge on any atom is 0.433 e. The van der Waals surface area contributed by atoms with Gasteiger partial charge in [0.05, 0.1) is 6.04 Å². The lowest BCUT2D eigenvalue weighted by Crippen LogP contribution is -2.56. The summed E-state index contributed by atoms with van der Waals surface area (Å²) in [6.45, 7) is 6.30. The average Bonchev–Trinajstić information content (AvgIpc) is 2.66. The summed E-state index contributed by atoms with van der Waals surface area (Å²) in [5.74, 6) is -0.776. The van der Waals surface area contributed by atoms with E-state index in [2.05, 4.69) is 9.97 Å². The van der Waals surface area contributed by atoms with Crippen molar-refractivity contribution >= 4 is 21.5 Å². The molecule has 3 rings (SSSR count). The highest BCUT2D eigenvalue weighted by molar-refractivity contribution is 7.90. The molecule has 0 bridgehead atoms. The number of anilines is 2. The quantitative estimate of drug-likeness (QED) is 0.649. The Kier molecular flexibility index (Phi) is 6.18. The fourth-order valence-corrected chi connectivity index (χ4v) is 4.45. The van der Waals surface area contributed by atoms with Crippen LogP contribution < -0.4 is 9.80 Å². The van der Waals surface area contributed by atoms with Crippen molar-refractivity contribution < 1.29 is 26.0 Å². The van der Waals surface area contributed by atoms with Crippen LogP contribution in [0.5, 0.6) is 0 Å². The second-order valence-electron chi connectivity index (χ2n) is 8.04. The highest BCUT2D eigenvalue weighted by Crippen LogP contribution is 2.33. The lowest BCUT2D eigenvalue weighted by molar-refractivity contribution is -0.141. The molecule has 6 nitrogen and oxygen atoms in total. The van der Waals surface area contributed by atoms with Crippen LogP contribution in [0, 0.1) is 18.7 Å². The SMILES string of the molecule is Cc1cnc(N2CCN(c3ccc(F)c(S(C)(=O)=O)c3)C[C@H]2C(C)C)nc1C(F)(F)F. The summed E-state index contributed by atoms with van der Waals surface area (Å²) in [5.41, 5.74) is -0.470. The topological polar surface area (TPSA) is 66.4 Å². The molecule has 0 spiro atoms. The van der Waals surface area contributed by atoms with E-state index in [9.17, 15) is 26.0 Å². The van der Waals surface area contributed by atoms with Gasteiger partial charge in [0.15, 0.2) is 15.5 Å². The third kappa shape index (κ3) is 4.91. The Morgan fingerprint density at radius 2 is 1.87 bits per heavy atom. The lowest BCUT2D eigenvalue weighted by Gasteiger charge is -2.44. The van der Waals surface area contributed by atoms with Gasteiger partial charge in [0.1, 0.15) is 10.7 Å². The number of aryl methyl sites for hydroxylation is 1. The summed E-state index contributed by atoms with van der Waals surface area (Å²) >= 11 is 0. The van der Waals surface area contributed by atoms with Crippen molar-refractivity contribution in [3.63, 3.8) is 0 Å². The Morgan fingerprint density at radius 3 is 2.45 bits per heavy atom. The number of rotatable bonds is 4. The van der Waals surface area contributed by atoms with Gasteiger partial charge in [0.25, 0.3) is 0 Å². The molecule has 0 saturated carbocycles. The van der Waals surface area contributed by atoms with E-state index in [1.165, 1.54) is 25.3 Å². The molecule has 1 saturated heterocycles. The molecule has 0 radical (unpaired) electrons. The van der Waals surface area contributed by atoms with Crippen LogP contribution in [-0.4, -0.2) is 50.3 Å². The molecule has 1 aromatic heterocycles. The highest BCUT2D eigenvalue weighted by atomic mass is 32.2. The van der Waals surface area contributed by atoms with Crippen LogP contribution >= 0.6 is 0 Å². The number of sulfone groups is 1. The number of aromatic nitrogens is 2. The van der Waals surface area contributed by atoms with Gasteiger partial charge in [-0.1, -0.05) is 13.8 Å². The summed E-state index contributed by atoms with van der Waals surface area (Å²) in [6, 6.07) is 3.67. The van der Waals surface area contributed by atoms with E-state index in [1.807, 2.05) is 18.7 Å². The van der Waals surface area contributed by atoms with Crippen LogP contribution in [-0.2, 0) is 16.0 Å². The van der Waals surface area contributed by atoms with Gasteiger partial charge in [-0.15, -0.1) is 0 Å². The first-order valence-corrected chi connectivity index (χ1v) is 11.6. The standard InChI is InChI=1S/C20H24F4N4O2S/c1-12(2)16-11-27(14-5-6-15(21)17(9-14)31(4,29)30)7-8-28(16)19-25-10-13(3)18(26-19)20(22,23)24/h5-6,9-10,12,16H,7-8,11H2,1-4H3/t16-/m0/s1. The van der Waals surface area contributed by atoms with Gasteiger partial charge in [0.2, 0.25) is 5.95 Å². The van der Waals surface area contributed by atoms with Crippen LogP contribution in [0.15, 0.2) is 29.3 Å². The molecule has 1 fully saturated rings. The molecule has 0 N–H and O–H groups in total. The highest BCUT2D eigenvalue weighted by Gasteiger charge is 2.37. The Morgan fingerprint density at radius 1 is 1.19 bits per heavy atom. The summed E-state index contributed by atoms with van der Waals surface area (Å²) < 4.78 is 77.6.